The van der Waals surface area contributed by atoms with Crippen LogP contribution in [0.4, 0.5) is 0 Å². The number of carbonyl (C=O) groups is 2. The summed E-state index contributed by atoms with van der Waals surface area (Å²) in [7, 11) is 0. The van der Waals surface area contributed by atoms with Crippen molar-refractivity contribution in [3.05, 3.63) is 0 Å². The number of hydrogen-bond acceptors (Lipinski definition) is 5. The summed E-state index contributed by atoms with van der Waals surface area (Å²) in [4.78, 5) is 24.5. The summed E-state index contributed by atoms with van der Waals surface area (Å²) < 4.78 is 5.23. The number of esters is 1. The molecule has 1 amide bonds. The molecule has 1 aliphatic rings. The predicted molar refractivity (Wildman–Crippen MR) is 95.7 cm³/mol. The van der Waals surface area contributed by atoms with Crippen molar-refractivity contribution in [2.75, 3.05) is 6.61 Å². The lowest BCUT2D eigenvalue weighted by molar-refractivity contribution is -0.165. The fourth-order valence-corrected chi connectivity index (χ4v) is 3.72. The zero-order chi connectivity index (χ0) is 19.4. The minimum atomic E-state index is -1.63. The van der Waals surface area contributed by atoms with Crippen molar-refractivity contribution in [2.24, 2.45) is 23.7 Å². The predicted octanol–water partition coefficient (Wildman–Crippen LogP) is 1.87. The monoisotopic (exact) mass is 357 g/mol. The van der Waals surface area contributed by atoms with Gasteiger partial charge in [0.1, 0.15) is 18.3 Å². The molecule has 0 aromatic rings. The Balaban J connectivity index is 2.96. The summed E-state index contributed by atoms with van der Waals surface area (Å²) in [5, 5.41) is 23.6. The molecule has 1 rings (SSSR count). The first-order valence-corrected chi connectivity index (χ1v) is 9.31. The molecule has 0 saturated carbocycles. The number of aliphatic hydroxyl groups is 2. The van der Waals surface area contributed by atoms with Crippen LogP contribution in [0, 0.1) is 23.7 Å². The molecule has 0 radical (unpaired) electrons. The van der Waals surface area contributed by atoms with Gasteiger partial charge in [-0.25, -0.2) is 0 Å². The van der Waals surface area contributed by atoms with Gasteiger partial charge in [-0.2, -0.15) is 0 Å². The summed E-state index contributed by atoms with van der Waals surface area (Å²) in [5.41, 5.74) is -1.63. The van der Waals surface area contributed by atoms with Crippen LogP contribution >= 0.6 is 0 Å². The molecule has 6 heteroatoms. The average molecular weight is 357 g/mol. The van der Waals surface area contributed by atoms with Gasteiger partial charge in [-0.05, 0) is 44.9 Å². The van der Waals surface area contributed by atoms with Gasteiger partial charge in [0.15, 0.2) is 0 Å². The van der Waals surface area contributed by atoms with Gasteiger partial charge in [0.05, 0.1) is 12.0 Å². The molecule has 0 spiro atoms. The van der Waals surface area contributed by atoms with Gasteiger partial charge >= 0.3 is 5.97 Å². The number of aliphatic hydroxyl groups excluding tert-OH is 1. The summed E-state index contributed by atoms with van der Waals surface area (Å²) in [6, 6.07) is -0.652. The van der Waals surface area contributed by atoms with Crippen molar-refractivity contribution < 1.29 is 24.5 Å². The highest BCUT2D eigenvalue weighted by atomic mass is 16.5. The summed E-state index contributed by atoms with van der Waals surface area (Å²) in [6.45, 7) is 10.7. The van der Waals surface area contributed by atoms with E-state index >= 15 is 0 Å². The lowest BCUT2D eigenvalue weighted by atomic mass is 9.85. The third-order valence-electron chi connectivity index (χ3n) is 5.15. The molecule has 25 heavy (non-hydrogen) atoms. The van der Waals surface area contributed by atoms with Crippen molar-refractivity contribution in [3.63, 3.8) is 0 Å². The van der Waals surface area contributed by atoms with Gasteiger partial charge in [-0.3, -0.25) is 9.59 Å². The van der Waals surface area contributed by atoms with E-state index in [2.05, 4.69) is 19.2 Å². The maximum absolute atomic E-state index is 12.4. The van der Waals surface area contributed by atoms with E-state index in [1.54, 1.807) is 6.92 Å². The molecule has 7 atom stereocenters. The van der Waals surface area contributed by atoms with Gasteiger partial charge in [0.2, 0.25) is 5.91 Å². The fraction of sp³-hybridized carbons (Fsp3) is 0.895. The molecule has 0 aliphatic carbocycles. The molecule has 1 fully saturated rings. The lowest BCUT2D eigenvalue weighted by Crippen LogP contribution is -2.55. The second kappa shape index (κ2) is 8.99. The van der Waals surface area contributed by atoms with Crippen molar-refractivity contribution in [2.45, 2.75) is 78.6 Å². The van der Waals surface area contributed by atoms with Crippen molar-refractivity contribution >= 4 is 11.9 Å². The maximum atomic E-state index is 12.4. The molecule has 5 unspecified atom stereocenters. The van der Waals surface area contributed by atoms with Gasteiger partial charge in [-0.15, -0.1) is 0 Å². The number of carbonyl (C=O) groups excluding carboxylic acids is 2. The minimum Gasteiger partial charge on any atom is -0.462 e. The SMILES string of the molecule is CC1C[C@@H](C)CC(C)C(=O)OCC(C)(O)C(O)C(C)NC(=O)[C@H](C)C1. The highest BCUT2D eigenvalue weighted by Gasteiger charge is 2.37. The standard InChI is InChI=1S/C19H35NO5/c1-11-7-12(2)9-14(4)18(23)25-10-19(6,24)16(21)15(5)20-17(22)13(3)8-11/h11-16,21,24H,7-10H2,1-6H3,(H,20,22)/t11?,12-,13-,14?,15?,16?,19?/m1/s1. The number of cyclic esters (lactones) is 1. The number of ether oxygens (including phenoxy) is 1. The highest BCUT2D eigenvalue weighted by Crippen LogP contribution is 2.26. The second-order valence-corrected chi connectivity index (χ2v) is 8.43. The molecule has 1 saturated heterocycles. The highest BCUT2D eigenvalue weighted by molar-refractivity contribution is 5.78. The first-order chi connectivity index (χ1) is 11.4. The minimum absolute atomic E-state index is 0.137. The van der Waals surface area contributed by atoms with E-state index in [-0.39, 0.29) is 30.3 Å². The van der Waals surface area contributed by atoms with E-state index in [1.807, 2.05) is 13.8 Å². The quantitative estimate of drug-likeness (QED) is 0.575. The van der Waals surface area contributed by atoms with Crippen LogP contribution in [-0.4, -0.2) is 46.4 Å². The topological polar surface area (TPSA) is 95.9 Å². The first kappa shape index (κ1) is 21.9. The Bertz CT molecular complexity index is 465. The molecule has 1 heterocycles. The Morgan fingerprint density at radius 1 is 1.00 bits per heavy atom. The molecule has 0 aromatic heterocycles. The van der Waals surface area contributed by atoms with Crippen LogP contribution in [0.5, 0.6) is 0 Å². The Kier molecular flexibility index (Phi) is 7.88. The Labute approximate surface area is 151 Å². The lowest BCUT2D eigenvalue weighted by Gasteiger charge is -2.33. The summed E-state index contributed by atoms with van der Waals surface area (Å²) in [6.07, 6.45) is 1.14. The van der Waals surface area contributed by atoms with Crippen LogP contribution in [0.15, 0.2) is 0 Å². The Hall–Kier alpha value is -1.14. The fourth-order valence-electron chi connectivity index (χ4n) is 3.72. The van der Waals surface area contributed by atoms with Crippen molar-refractivity contribution in [1.29, 1.82) is 0 Å². The largest absolute Gasteiger partial charge is 0.462 e. The van der Waals surface area contributed by atoms with E-state index in [1.165, 1.54) is 6.92 Å². The summed E-state index contributed by atoms with van der Waals surface area (Å²) in [5.74, 6) is -0.262. The Morgan fingerprint density at radius 2 is 1.52 bits per heavy atom. The van der Waals surface area contributed by atoms with Crippen LogP contribution in [-0.2, 0) is 14.3 Å². The van der Waals surface area contributed by atoms with Crippen LogP contribution in [0.1, 0.15) is 60.8 Å². The van der Waals surface area contributed by atoms with Crippen LogP contribution < -0.4 is 5.32 Å². The van der Waals surface area contributed by atoms with E-state index < -0.39 is 17.7 Å². The van der Waals surface area contributed by atoms with Gasteiger partial charge in [-0.1, -0.05) is 27.7 Å². The van der Waals surface area contributed by atoms with E-state index in [0.717, 1.165) is 12.8 Å². The third-order valence-corrected chi connectivity index (χ3v) is 5.15. The molecule has 0 bridgehead atoms. The number of amides is 1. The molecule has 1 aliphatic heterocycles. The molecular weight excluding hydrogens is 322 g/mol. The third kappa shape index (κ3) is 6.59. The molecule has 0 aromatic carbocycles. The van der Waals surface area contributed by atoms with E-state index in [0.29, 0.717) is 18.3 Å². The number of hydrogen-bond donors (Lipinski definition) is 3. The number of rotatable bonds is 0. The average Bonchev–Trinajstić information content (AvgIpc) is 2.50. The Morgan fingerprint density at radius 3 is 2.08 bits per heavy atom. The first-order valence-electron chi connectivity index (χ1n) is 9.31. The van der Waals surface area contributed by atoms with E-state index in [9.17, 15) is 19.8 Å². The maximum Gasteiger partial charge on any atom is 0.308 e. The molecule has 6 nitrogen and oxygen atoms in total. The smallest absolute Gasteiger partial charge is 0.308 e. The normalized spacial score (nSPS) is 42.7. The second-order valence-electron chi connectivity index (χ2n) is 8.43. The molecule has 146 valence electrons. The van der Waals surface area contributed by atoms with E-state index in [4.69, 9.17) is 4.74 Å². The van der Waals surface area contributed by atoms with Gasteiger partial charge in [0.25, 0.3) is 0 Å². The summed E-state index contributed by atoms with van der Waals surface area (Å²) >= 11 is 0. The van der Waals surface area contributed by atoms with Crippen molar-refractivity contribution in [1.82, 2.24) is 5.32 Å². The molecular formula is C19H35NO5. The van der Waals surface area contributed by atoms with Crippen molar-refractivity contribution in [3.8, 4) is 0 Å². The van der Waals surface area contributed by atoms with Crippen LogP contribution in [0.3, 0.4) is 0 Å². The zero-order valence-electron chi connectivity index (χ0n) is 16.4. The van der Waals surface area contributed by atoms with Gasteiger partial charge in [0, 0.05) is 5.92 Å². The van der Waals surface area contributed by atoms with Crippen LogP contribution in [0.25, 0.3) is 0 Å². The number of nitrogens with one attached hydrogen (secondary N) is 1. The zero-order valence-corrected chi connectivity index (χ0v) is 16.4. The molecule has 3 N–H and O–H groups in total. The van der Waals surface area contributed by atoms with Crippen LogP contribution in [0.2, 0.25) is 0 Å². The van der Waals surface area contributed by atoms with Gasteiger partial charge < -0.3 is 20.3 Å².